The van der Waals surface area contributed by atoms with Crippen LogP contribution in [0.2, 0.25) is 0 Å². The number of hydrogen-bond acceptors (Lipinski definition) is 5. The third-order valence-corrected chi connectivity index (χ3v) is 1.68. The zero-order chi connectivity index (χ0) is 10.6. The minimum atomic E-state index is -0.601. The molecule has 2 N–H and O–H groups in total. The van der Waals surface area contributed by atoms with Gasteiger partial charge in [-0.15, -0.1) is 0 Å². The summed E-state index contributed by atoms with van der Waals surface area (Å²) in [5.41, 5.74) is 0.271. The van der Waals surface area contributed by atoms with E-state index in [-0.39, 0.29) is 16.9 Å². The van der Waals surface area contributed by atoms with Crippen LogP contribution in [0.1, 0.15) is 15.9 Å². The first-order chi connectivity index (χ1) is 6.70. The number of nitrogens with zero attached hydrogens (tertiary/aromatic N) is 1. The molecule has 0 aliphatic heterocycles. The van der Waals surface area contributed by atoms with Crippen LogP contribution in [-0.4, -0.2) is 29.6 Å². The molecule has 74 valence electrons. The number of carbonyl (C=O) groups excluding carboxylic acids is 1. The quantitative estimate of drug-likeness (QED) is 0.319. The molecule has 0 bridgehead atoms. The molecule has 5 heteroatoms. The van der Waals surface area contributed by atoms with Gasteiger partial charge in [0.15, 0.2) is 0 Å². The highest BCUT2D eigenvalue weighted by Crippen LogP contribution is 2.19. The fourth-order valence-electron chi connectivity index (χ4n) is 1.03. The highest BCUT2D eigenvalue weighted by atomic mass is 16.5. The summed E-state index contributed by atoms with van der Waals surface area (Å²) < 4.78 is 4.48. The first-order valence-electron chi connectivity index (χ1n) is 3.78. The van der Waals surface area contributed by atoms with Gasteiger partial charge in [-0.2, -0.15) is 0 Å². The van der Waals surface area contributed by atoms with Gasteiger partial charge in [-0.1, -0.05) is 11.2 Å². The lowest BCUT2D eigenvalue weighted by atomic mass is 10.1. The lowest BCUT2D eigenvalue weighted by Gasteiger charge is -2.04. The van der Waals surface area contributed by atoms with Gasteiger partial charge in [0.05, 0.1) is 24.5 Å². The molecule has 0 saturated heterocycles. The first-order valence-corrected chi connectivity index (χ1v) is 3.78. The van der Waals surface area contributed by atoms with E-state index in [1.807, 2.05) is 0 Å². The van der Waals surface area contributed by atoms with E-state index >= 15 is 0 Å². The zero-order valence-corrected chi connectivity index (χ0v) is 7.47. The summed E-state index contributed by atoms with van der Waals surface area (Å²) >= 11 is 0. The van der Waals surface area contributed by atoms with Gasteiger partial charge in [-0.3, -0.25) is 0 Å². The second-order valence-corrected chi connectivity index (χ2v) is 2.47. The van der Waals surface area contributed by atoms with Crippen molar-refractivity contribution in [3.8, 4) is 5.75 Å². The first kappa shape index (κ1) is 10.0. The number of aromatic hydroxyl groups is 1. The zero-order valence-electron chi connectivity index (χ0n) is 7.47. The molecule has 0 heterocycles. The molecule has 1 aromatic rings. The Balaban J connectivity index is 3.27. The summed E-state index contributed by atoms with van der Waals surface area (Å²) in [5.74, 6) is -0.749. The van der Waals surface area contributed by atoms with Crippen LogP contribution in [0.25, 0.3) is 0 Å². The van der Waals surface area contributed by atoms with Gasteiger partial charge in [-0.25, -0.2) is 4.79 Å². The van der Waals surface area contributed by atoms with Crippen molar-refractivity contribution >= 4 is 12.2 Å². The molecule has 1 rings (SSSR count). The molecule has 1 aromatic carbocycles. The number of ether oxygens (including phenoxy) is 1. The molecule has 0 aromatic heterocycles. The molecular formula is C9H9NO4. The van der Waals surface area contributed by atoms with E-state index in [1.54, 1.807) is 0 Å². The van der Waals surface area contributed by atoms with Crippen LogP contribution >= 0.6 is 0 Å². The van der Waals surface area contributed by atoms with Gasteiger partial charge in [0, 0.05) is 0 Å². The molecule has 0 aliphatic carbocycles. The maximum atomic E-state index is 11.2. The molecular weight excluding hydrogens is 186 g/mol. The number of oxime groups is 1. The van der Waals surface area contributed by atoms with Gasteiger partial charge in [-0.05, 0) is 12.1 Å². The fourth-order valence-corrected chi connectivity index (χ4v) is 1.03. The lowest BCUT2D eigenvalue weighted by Crippen LogP contribution is -2.05. The van der Waals surface area contributed by atoms with E-state index in [1.165, 1.54) is 25.3 Å². The van der Waals surface area contributed by atoms with Crippen LogP contribution in [0.4, 0.5) is 0 Å². The van der Waals surface area contributed by atoms with Crippen LogP contribution in [0.15, 0.2) is 23.4 Å². The Labute approximate surface area is 80.2 Å². The maximum absolute atomic E-state index is 11.2. The number of phenols is 1. The fraction of sp³-hybridized carbons (Fsp3) is 0.111. The molecule has 0 unspecified atom stereocenters. The van der Waals surface area contributed by atoms with Crippen LogP contribution < -0.4 is 0 Å². The van der Waals surface area contributed by atoms with Gasteiger partial charge >= 0.3 is 5.97 Å². The van der Waals surface area contributed by atoms with E-state index < -0.39 is 5.97 Å². The number of carbonyl (C=O) groups is 1. The second-order valence-electron chi connectivity index (χ2n) is 2.47. The third kappa shape index (κ3) is 1.82. The number of methoxy groups -OCH3 is 1. The van der Waals surface area contributed by atoms with Crippen molar-refractivity contribution in [1.29, 1.82) is 0 Å². The van der Waals surface area contributed by atoms with Gasteiger partial charge in [0.25, 0.3) is 0 Å². The highest BCUT2D eigenvalue weighted by Gasteiger charge is 2.13. The average molecular weight is 195 g/mol. The third-order valence-electron chi connectivity index (χ3n) is 1.68. The van der Waals surface area contributed by atoms with E-state index in [2.05, 4.69) is 9.89 Å². The van der Waals surface area contributed by atoms with Crippen molar-refractivity contribution in [2.75, 3.05) is 7.11 Å². The topological polar surface area (TPSA) is 79.1 Å². The van der Waals surface area contributed by atoms with Crippen molar-refractivity contribution in [2.45, 2.75) is 0 Å². The van der Waals surface area contributed by atoms with E-state index in [0.29, 0.717) is 0 Å². The SMILES string of the molecule is COC(=O)c1cccc(O)c1/C=N\O. The van der Waals surface area contributed by atoms with Gasteiger partial charge < -0.3 is 15.1 Å². The summed E-state index contributed by atoms with van der Waals surface area (Å²) in [6, 6.07) is 4.34. The molecule has 0 amide bonds. The summed E-state index contributed by atoms with van der Waals surface area (Å²) in [6.45, 7) is 0. The van der Waals surface area contributed by atoms with Crippen molar-refractivity contribution in [1.82, 2.24) is 0 Å². The van der Waals surface area contributed by atoms with Gasteiger partial charge in [0.2, 0.25) is 0 Å². The van der Waals surface area contributed by atoms with Crippen LogP contribution in [0.5, 0.6) is 5.75 Å². The minimum absolute atomic E-state index is 0.127. The van der Waals surface area contributed by atoms with Crippen LogP contribution in [-0.2, 0) is 4.74 Å². The van der Waals surface area contributed by atoms with Crippen LogP contribution in [0.3, 0.4) is 0 Å². The molecule has 14 heavy (non-hydrogen) atoms. The van der Waals surface area contributed by atoms with E-state index in [4.69, 9.17) is 5.21 Å². The van der Waals surface area contributed by atoms with Crippen molar-refractivity contribution in [3.05, 3.63) is 29.3 Å². The minimum Gasteiger partial charge on any atom is -0.507 e. The van der Waals surface area contributed by atoms with E-state index in [9.17, 15) is 9.90 Å². The van der Waals surface area contributed by atoms with Crippen molar-refractivity contribution in [3.63, 3.8) is 0 Å². The molecule has 5 nitrogen and oxygen atoms in total. The highest BCUT2D eigenvalue weighted by molar-refractivity contribution is 6.00. The smallest absolute Gasteiger partial charge is 0.338 e. The summed E-state index contributed by atoms with van der Waals surface area (Å²) in [6.07, 6.45) is 0.974. The molecule has 0 spiro atoms. The molecule has 0 fully saturated rings. The average Bonchev–Trinajstić information content (AvgIpc) is 2.20. The molecule has 0 aliphatic rings. The summed E-state index contributed by atoms with van der Waals surface area (Å²) in [5, 5.41) is 20.4. The number of esters is 1. The van der Waals surface area contributed by atoms with Crippen molar-refractivity contribution < 1.29 is 19.8 Å². The van der Waals surface area contributed by atoms with E-state index in [0.717, 1.165) is 6.21 Å². The number of hydrogen-bond donors (Lipinski definition) is 2. The van der Waals surface area contributed by atoms with Crippen LogP contribution in [0, 0.1) is 0 Å². The molecule has 0 atom stereocenters. The summed E-state index contributed by atoms with van der Waals surface area (Å²) in [4.78, 5) is 11.2. The normalized spacial score (nSPS) is 10.4. The number of rotatable bonds is 2. The Bertz CT molecular complexity index is 373. The monoisotopic (exact) mass is 195 g/mol. The number of benzene rings is 1. The number of phenolic OH excluding ortho intramolecular Hbond substituents is 1. The predicted molar refractivity (Wildman–Crippen MR) is 48.8 cm³/mol. The predicted octanol–water partition coefficient (Wildman–Crippen LogP) is 0.987. The molecule has 0 saturated carbocycles. The Hall–Kier alpha value is -2.04. The van der Waals surface area contributed by atoms with Crippen molar-refractivity contribution in [2.24, 2.45) is 5.16 Å². The second kappa shape index (κ2) is 4.27. The lowest BCUT2D eigenvalue weighted by molar-refractivity contribution is 0.0600. The van der Waals surface area contributed by atoms with Gasteiger partial charge in [0.1, 0.15) is 5.75 Å². The standard InChI is InChI=1S/C9H9NO4/c1-14-9(12)6-3-2-4-8(11)7(6)5-10-13/h2-5,11,13H,1H3/b10-5-. The Kier molecular flexibility index (Phi) is 3.06. The Morgan fingerprint density at radius 2 is 2.29 bits per heavy atom. The largest absolute Gasteiger partial charge is 0.507 e. The Morgan fingerprint density at radius 1 is 1.57 bits per heavy atom. The summed E-state index contributed by atoms with van der Waals surface area (Å²) in [7, 11) is 1.23. The maximum Gasteiger partial charge on any atom is 0.338 e. The molecule has 0 radical (unpaired) electrons. The Morgan fingerprint density at radius 3 is 2.86 bits per heavy atom.